The highest BCUT2D eigenvalue weighted by Gasteiger charge is 2.40. The van der Waals surface area contributed by atoms with E-state index < -0.39 is 0 Å². The van der Waals surface area contributed by atoms with Crippen LogP contribution in [0.1, 0.15) is 18.9 Å². The molecule has 1 aliphatic heterocycles. The van der Waals surface area contributed by atoms with Crippen molar-refractivity contribution in [2.24, 2.45) is 11.1 Å². The first-order valence-corrected chi connectivity index (χ1v) is 7.00. The average Bonchev–Trinajstić information content (AvgIpc) is 2.65. The van der Waals surface area contributed by atoms with Crippen LogP contribution in [0.15, 0.2) is 22.7 Å². The number of hydrogen-bond acceptors (Lipinski definition) is 2. The normalized spacial score (nSPS) is 28.6. The topological polar surface area (TPSA) is 35.2 Å². The molecule has 94 valence electrons. The molecule has 1 aliphatic rings. The molecule has 0 amide bonds. The fraction of sp³-hybridized carbons (Fsp3) is 0.538. The van der Waals surface area contributed by atoms with Crippen LogP contribution in [0.3, 0.4) is 0 Å². The van der Waals surface area contributed by atoms with E-state index in [0.717, 1.165) is 34.5 Å². The van der Waals surface area contributed by atoms with Gasteiger partial charge in [0.05, 0.1) is 6.10 Å². The first kappa shape index (κ1) is 13.3. The van der Waals surface area contributed by atoms with Crippen molar-refractivity contribution in [3.05, 3.63) is 33.3 Å². The van der Waals surface area contributed by atoms with Crippen LogP contribution in [0.25, 0.3) is 0 Å². The summed E-state index contributed by atoms with van der Waals surface area (Å²) in [7, 11) is 0. The maximum atomic E-state index is 6.26. The van der Waals surface area contributed by atoms with Crippen LogP contribution in [-0.4, -0.2) is 19.3 Å². The first-order valence-electron chi connectivity index (χ1n) is 5.83. The van der Waals surface area contributed by atoms with Crippen LogP contribution in [0.5, 0.6) is 0 Å². The quantitative estimate of drug-likeness (QED) is 0.927. The molecule has 4 heteroatoms. The first-order chi connectivity index (χ1) is 8.07. The summed E-state index contributed by atoms with van der Waals surface area (Å²) in [4.78, 5) is 0. The van der Waals surface area contributed by atoms with Crippen LogP contribution in [0.4, 0.5) is 0 Å². The smallest absolute Gasteiger partial charge is 0.0619 e. The molecule has 2 nitrogen and oxygen atoms in total. The van der Waals surface area contributed by atoms with E-state index in [1.165, 1.54) is 0 Å². The Kier molecular flexibility index (Phi) is 4.14. The third-order valence-electron chi connectivity index (χ3n) is 3.79. The van der Waals surface area contributed by atoms with E-state index in [-0.39, 0.29) is 11.5 Å². The van der Waals surface area contributed by atoms with Gasteiger partial charge < -0.3 is 10.5 Å². The van der Waals surface area contributed by atoms with Gasteiger partial charge in [0.2, 0.25) is 0 Å². The molecule has 2 unspecified atom stereocenters. The summed E-state index contributed by atoms with van der Waals surface area (Å²) in [6, 6.07) is 6.02. The SMILES string of the molecule is CC1OCCC1(CN)Cc1ccc(Br)cc1Cl. The van der Waals surface area contributed by atoms with Gasteiger partial charge in [-0.25, -0.2) is 0 Å². The standard InChI is InChI=1S/C13H17BrClNO/c1-9-13(8-16,4-5-17-9)7-10-2-3-11(14)6-12(10)15/h2-3,6,9H,4-5,7-8,16H2,1H3. The van der Waals surface area contributed by atoms with Gasteiger partial charge in [0.1, 0.15) is 0 Å². The Morgan fingerprint density at radius 2 is 2.35 bits per heavy atom. The Bertz CT molecular complexity index is 412. The van der Waals surface area contributed by atoms with Crippen molar-refractivity contribution in [3.63, 3.8) is 0 Å². The van der Waals surface area contributed by atoms with Gasteiger partial charge >= 0.3 is 0 Å². The molecule has 0 saturated carbocycles. The van der Waals surface area contributed by atoms with E-state index in [1.807, 2.05) is 12.1 Å². The van der Waals surface area contributed by atoms with Gasteiger partial charge in [0.25, 0.3) is 0 Å². The van der Waals surface area contributed by atoms with E-state index in [9.17, 15) is 0 Å². The Labute approximate surface area is 116 Å². The Hall–Kier alpha value is -0.0900. The molecular formula is C13H17BrClNO. The molecule has 0 bridgehead atoms. The average molecular weight is 319 g/mol. The second-order valence-corrected chi connectivity index (χ2v) is 6.06. The van der Waals surface area contributed by atoms with Crippen LogP contribution < -0.4 is 5.73 Å². The molecule has 2 N–H and O–H groups in total. The molecule has 0 spiro atoms. The molecule has 1 aromatic rings. The van der Waals surface area contributed by atoms with Gasteiger partial charge in [-0.2, -0.15) is 0 Å². The van der Waals surface area contributed by atoms with E-state index in [0.29, 0.717) is 6.54 Å². The van der Waals surface area contributed by atoms with Crippen molar-refractivity contribution in [3.8, 4) is 0 Å². The summed E-state index contributed by atoms with van der Waals surface area (Å²) in [6.07, 6.45) is 2.10. The fourth-order valence-corrected chi connectivity index (χ4v) is 3.18. The lowest BCUT2D eigenvalue weighted by molar-refractivity contribution is 0.0674. The zero-order chi connectivity index (χ0) is 12.5. The van der Waals surface area contributed by atoms with Gasteiger partial charge in [-0.3, -0.25) is 0 Å². The van der Waals surface area contributed by atoms with Crippen molar-refractivity contribution in [2.75, 3.05) is 13.2 Å². The Morgan fingerprint density at radius 3 is 2.88 bits per heavy atom. The molecule has 1 fully saturated rings. The van der Waals surface area contributed by atoms with Gasteiger partial charge in [-0.1, -0.05) is 33.6 Å². The minimum Gasteiger partial charge on any atom is -0.378 e. The van der Waals surface area contributed by atoms with Crippen LogP contribution in [-0.2, 0) is 11.2 Å². The van der Waals surface area contributed by atoms with Crippen LogP contribution in [0, 0.1) is 5.41 Å². The lowest BCUT2D eigenvalue weighted by Gasteiger charge is -2.31. The second kappa shape index (κ2) is 5.27. The van der Waals surface area contributed by atoms with E-state index in [2.05, 4.69) is 28.9 Å². The van der Waals surface area contributed by atoms with Crippen molar-refractivity contribution >= 4 is 27.5 Å². The number of rotatable bonds is 3. The number of benzene rings is 1. The van der Waals surface area contributed by atoms with Gasteiger partial charge in [0, 0.05) is 28.1 Å². The number of ether oxygens (including phenoxy) is 1. The minimum atomic E-state index is 0.0392. The lowest BCUT2D eigenvalue weighted by Crippen LogP contribution is -2.38. The lowest BCUT2D eigenvalue weighted by atomic mass is 9.76. The summed E-state index contributed by atoms with van der Waals surface area (Å²) in [6.45, 7) is 3.54. The summed E-state index contributed by atoms with van der Waals surface area (Å²) in [5, 5.41) is 0.798. The molecule has 17 heavy (non-hydrogen) atoms. The zero-order valence-corrected chi connectivity index (χ0v) is 12.2. The summed E-state index contributed by atoms with van der Waals surface area (Å²) >= 11 is 9.68. The number of nitrogens with two attached hydrogens (primary N) is 1. The maximum Gasteiger partial charge on any atom is 0.0619 e. The second-order valence-electron chi connectivity index (χ2n) is 4.74. The molecule has 0 radical (unpaired) electrons. The molecule has 1 heterocycles. The largest absolute Gasteiger partial charge is 0.378 e. The molecule has 2 atom stereocenters. The zero-order valence-electron chi connectivity index (χ0n) is 9.88. The molecular weight excluding hydrogens is 302 g/mol. The molecule has 0 aromatic heterocycles. The van der Waals surface area contributed by atoms with Gasteiger partial charge in [0.15, 0.2) is 0 Å². The molecule has 1 aromatic carbocycles. The highest BCUT2D eigenvalue weighted by molar-refractivity contribution is 9.10. The van der Waals surface area contributed by atoms with Crippen LogP contribution in [0.2, 0.25) is 5.02 Å². The Morgan fingerprint density at radius 1 is 1.59 bits per heavy atom. The van der Waals surface area contributed by atoms with Crippen molar-refractivity contribution in [1.29, 1.82) is 0 Å². The van der Waals surface area contributed by atoms with Gasteiger partial charge in [-0.15, -0.1) is 0 Å². The molecule has 0 aliphatic carbocycles. The van der Waals surface area contributed by atoms with Crippen molar-refractivity contribution < 1.29 is 4.74 Å². The summed E-state index contributed by atoms with van der Waals surface area (Å²) in [5.41, 5.74) is 7.14. The third-order valence-corrected chi connectivity index (χ3v) is 4.64. The highest BCUT2D eigenvalue weighted by Crippen LogP contribution is 2.39. The third kappa shape index (κ3) is 2.68. The van der Waals surface area contributed by atoms with E-state index >= 15 is 0 Å². The number of hydrogen-bond donors (Lipinski definition) is 1. The number of halogens is 2. The maximum absolute atomic E-state index is 6.26. The minimum absolute atomic E-state index is 0.0392. The molecule has 2 rings (SSSR count). The van der Waals surface area contributed by atoms with Crippen molar-refractivity contribution in [2.45, 2.75) is 25.9 Å². The highest BCUT2D eigenvalue weighted by atomic mass is 79.9. The van der Waals surface area contributed by atoms with E-state index in [1.54, 1.807) is 0 Å². The van der Waals surface area contributed by atoms with Crippen molar-refractivity contribution in [1.82, 2.24) is 0 Å². The Balaban J connectivity index is 2.24. The van der Waals surface area contributed by atoms with Gasteiger partial charge in [-0.05, 0) is 37.5 Å². The molecule has 1 saturated heterocycles. The predicted octanol–water partition coefficient (Wildman–Crippen LogP) is 3.40. The summed E-state index contributed by atoms with van der Waals surface area (Å²) < 4.78 is 6.67. The summed E-state index contributed by atoms with van der Waals surface area (Å²) in [5.74, 6) is 0. The fourth-order valence-electron chi connectivity index (χ4n) is 2.44. The predicted molar refractivity (Wildman–Crippen MR) is 74.4 cm³/mol. The van der Waals surface area contributed by atoms with Crippen LogP contribution >= 0.6 is 27.5 Å². The monoisotopic (exact) mass is 317 g/mol. The van der Waals surface area contributed by atoms with E-state index in [4.69, 9.17) is 22.1 Å².